The van der Waals surface area contributed by atoms with Crippen LogP contribution in [0.4, 0.5) is 0 Å². The number of rotatable bonds is 4. The number of hydrogen-bond acceptors (Lipinski definition) is 4. The van der Waals surface area contributed by atoms with Crippen molar-refractivity contribution in [3.05, 3.63) is 60.4 Å². The summed E-state index contributed by atoms with van der Waals surface area (Å²) in [6.07, 6.45) is 4.34. The van der Waals surface area contributed by atoms with E-state index in [1.165, 1.54) is 6.08 Å². The fourth-order valence-electron chi connectivity index (χ4n) is 2.28. The second-order valence-electron chi connectivity index (χ2n) is 4.66. The third-order valence-corrected chi connectivity index (χ3v) is 3.31. The van der Waals surface area contributed by atoms with E-state index in [0.29, 0.717) is 11.4 Å². The van der Waals surface area contributed by atoms with Gasteiger partial charge in [-0.1, -0.05) is 6.07 Å². The van der Waals surface area contributed by atoms with E-state index in [0.717, 1.165) is 23.0 Å². The van der Waals surface area contributed by atoms with Gasteiger partial charge in [0.05, 0.1) is 24.5 Å². The molecule has 0 saturated carbocycles. The monoisotopic (exact) mass is 293 g/mol. The van der Waals surface area contributed by atoms with E-state index < -0.39 is 5.97 Å². The number of carboxylic acids is 1. The van der Waals surface area contributed by atoms with Crippen molar-refractivity contribution in [3.8, 4) is 17.0 Å². The molecule has 1 aromatic carbocycles. The van der Waals surface area contributed by atoms with Crippen LogP contribution in [0.1, 0.15) is 5.69 Å². The maximum atomic E-state index is 10.7. The lowest BCUT2D eigenvalue weighted by Gasteiger charge is -2.03. The average molecular weight is 293 g/mol. The third-order valence-electron chi connectivity index (χ3n) is 3.31. The second kappa shape index (κ2) is 5.73. The van der Waals surface area contributed by atoms with Gasteiger partial charge in [-0.15, -0.1) is 0 Å². The number of fused-ring (bicyclic) bond motifs is 1. The van der Waals surface area contributed by atoms with E-state index in [9.17, 15) is 9.90 Å². The zero-order valence-corrected chi connectivity index (χ0v) is 11.9. The highest BCUT2D eigenvalue weighted by Crippen LogP contribution is 2.27. The number of methoxy groups -OCH3 is 1. The molecule has 3 aromatic rings. The summed E-state index contributed by atoms with van der Waals surface area (Å²) in [5.74, 6) is -0.495. The van der Waals surface area contributed by atoms with Gasteiger partial charge in [-0.25, -0.2) is 4.98 Å². The van der Waals surface area contributed by atoms with Gasteiger partial charge >= 0.3 is 0 Å². The molecule has 3 rings (SSSR count). The number of pyridine rings is 1. The molecule has 0 bridgehead atoms. The molecule has 5 heteroatoms. The van der Waals surface area contributed by atoms with Crippen molar-refractivity contribution >= 4 is 17.7 Å². The van der Waals surface area contributed by atoms with Gasteiger partial charge in [0.25, 0.3) is 0 Å². The van der Waals surface area contributed by atoms with Gasteiger partial charge in [0.15, 0.2) is 0 Å². The molecule has 0 saturated heterocycles. The van der Waals surface area contributed by atoms with Crippen LogP contribution in [0.15, 0.2) is 54.7 Å². The lowest BCUT2D eigenvalue weighted by atomic mass is 10.1. The van der Waals surface area contributed by atoms with Crippen LogP contribution in [-0.4, -0.2) is 22.5 Å². The minimum absolute atomic E-state index is 0.685. The molecule has 5 nitrogen and oxygen atoms in total. The molecule has 2 heterocycles. The molecule has 0 amide bonds. The molecular weight excluding hydrogens is 280 g/mol. The van der Waals surface area contributed by atoms with E-state index >= 15 is 0 Å². The molecule has 0 N–H and O–H groups in total. The van der Waals surface area contributed by atoms with E-state index in [-0.39, 0.29) is 0 Å². The molecule has 0 aliphatic heterocycles. The first-order valence-corrected chi connectivity index (χ1v) is 6.69. The first kappa shape index (κ1) is 13.9. The van der Waals surface area contributed by atoms with Crippen molar-refractivity contribution in [2.75, 3.05) is 7.11 Å². The van der Waals surface area contributed by atoms with Crippen LogP contribution in [0.2, 0.25) is 0 Å². The maximum Gasteiger partial charge on any atom is 0.137 e. The summed E-state index contributed by atoms with van der Waals surface area (Å²) in [6.45, 7) is 0. The van der Waals surface area contributed by atoms with Gasteiger partial charge in [0.1, 0.15) is 11.4 Å². The Balaban J connectivity index is 2.18. The number of aromatic nitrogens is 2. The van der Waals surface area contributed by atoms with E-state index in [1.54, 1.807) is 7.11 Å². The molecule has 22 heavy (non-hydrogen) atoms. The zero-order chi connectivity index (χ0) is 15.5. The number of nitrogens with zero attached hydrogens (tertiary/aromatic N) is 2. The highest BCUT2D eigenvalue weighted by molar-refractivity contribution is 5.86. The predicted octanol–water partition coefficient (Wildman–Crippen LogP) is 1.77. The summed E-state index contributed by atoms with van der Waals surface area (Å²) in [7, 11) is 1.61. The first-order valence-electron chi connectivity index (χ1n) is 6.69. The minimum Gasteiger partial charge on any atom is -0.545 e. The molecule has 0 fully saturated rings. The average Bonchev–Trinajstić information content (AvgIpc) is 2.91. The van der Waals surface area contributed by atoms with Crippen molar-refractivity contribution < 1.29 is 14.6 Å². The summed E-state index contributed by atoms with van der Waals surface area (Å²) in [5, 5.41) is 10.7. The molecule has 2 aromatic heterocycles. The number of aliphatic carboxylic acids is 1. The Morgan fingerprint density at radius 3 is 2.68 bits per heavy atom. The summed E-state index contributed by atoms with van der Waals surface area (Å²) < 4.78 is 6.98. The standard InChI is InChI=1S/C17H14N2O3/c1-22-13-7-5-12(6-8-13)17-14(9-10-16(20)21)19-11-3-2-4-15(19)18-17/h2-11H,1H3,(H,20,21)/p-1/b10-9+. The fraction of sp³-hybridized carbons (Fsp3) is 0.0588. The van der Waals surface area contributed by atoms with Gasteiger partial charge in [-0.2, -0.15) is 0 Å². The van der Waals surface area contributed by atoms with Crippen LogP contribution in [0.5, 0.6) is 5.75 Å². The Morgan fingerprint density at radius 1 is 1.23 bits per heavy atom. The molecule has 0 radical (unpaired) electrons. The molecule has 0 unspecified atom stereocenters. The van der Waals surface area contributed by atoms with Crippen LogP contribution < -0.4 is 9.84 Å². The normalized spacial score (nSPS) is 11.1. The number of carbonyl (C=O) groups is 1. The van der Waals surface area contributed by atoms with E-state index in [1.807, 2.05) is 53.1 Å². The van der Waals surface area contributed by atoms with Crippen molar-refractivity contribution in [2.24, 2.45) is 0 Å². The van der Waals surface area contributed by atoms with Crippen LogP contribution in [0.25, 0.3) is 23.0 Å². The number of carboxylic acid groups (broad SMARTS) is 1. The summed E-state index contributed by atoms with van der Waals surface area (Å²) in [6, 6.07) is 13.1. The van der Waals surface area contributed by atoms with Crippen molar-refractivity contribution in [1.82, 2.24) is 9.38 Å². The first-order chi connectivity index (χ1) is 10.7. The Kier molecular flexibility index (Phi) is 3.62. The summed E-state index contributed by atoms with van der Waals surface area (Å²) >= 11 is 0. The van der Waals surface area contributed by atoms with Crippen LogP contribution in [-0.2, 0) is 4.79 Å². The van der Waals surface area contributed by atoms with E-state index in [4.69, 9.17) is 4.74 Å². The van der Waals surface area contributed by atoms with Gasteiger partial charge in [0, 0.05) is 11.8 Å². The maximum absolute atomic E-state index is 10.7. The smallest absolute Gasteiger partial charge is 0.137 e. The lowest BCUT2D eigenvalue weighted by molar-refractivity contribution is -0.297. The van der Waals surface area contributed by atoms with Crippen molar-refractivity contribution in [3.63, 3.8) is 0 Å². The van der Waals surface area contributed by atoms with Gasteiger partial charge in [0.2, 0.25) is 0 Å². The second-order valence-corrected chi connectivity index (χ2v) is 4.66. The highest BCUT2D eigenvalue weighted by atomic mass is 16.5. The lowest BCUT2D eigenvalue weighted by Crippen LogP contribution is -2.18. The van der Waals surface area contributed by atoms with Gasteiger partial charge in [-0.05, 0) is 48.6 Å². The Hall–Kier alpha value is -3.08. The largest absolute Gasteiger partial charge is 0.545 e. The Morgan fingerprint density at radius 2 is 2.00 bits per heavy atom. The number of ether oxygens (including phenoxy) is 1. The number of benzene rings is 1. The number of imidazole rings is 1. The van der Waals surface area contributed by atoms with Gasteiger partial charge in [-0.3, -0.25) is 4.40 Å². The number of hydrogen-bond donors (Lipinski definition) is 0. The predicted molar refractivity (Wildman–Crippen MR) is 81.2 cm³/mol. The molecule has 110 valence electrons. The molecule has 0 aliphatic carbocycles. The summed E-state index contributed by atoms with van der Waals surface area (Å²) in [5.41, 5.74) is 3.00. The minimum atomic E-state index is -1.24. The Labute approximate surface area is 127 Å². The fourth-order valence-corrected chi connectivity index (χ4v) is 2.28. The number of carbonyl (C=O) groups excluding carboxylic acids is 1. The molecule has 0 aliphatic rings. The molecular formula is C17H13N2O3-. The Bertz CT molecular complexity index is 848. The van der Waals surface area contributed by atoms with Crippen LogP contribution in [0, 0.1) is 0 Å². The molecule has 0 spiro atoms. The van der Waals surface area contributed by atoms with E-state index in [2.05, 4.69) is 4.98 Å². The van der Waals surface area contributed by atoms with Crippen molar-refractivity contribution in [2.45, 2.75) is 0 Å². The summed E-state index contributed by atoms with van der Waals surface area (Å²) in [4.78, 5) is 15.3. The quantitative estimate of drug-likeness (QED) is 0.688. The SMILES string of the molecule is COc1ccc(-c2nc3ccccn3c2/C=C/C(=O)[O-])cc1. The third kappa shape index (κ3) is 2.56. The van der Waals surface area contributed by atoms with Crippen molar-refractivity contribution in [1.29, 1.82) is 0 Å². The zero-order valence-electron chi connectivity index (χ0n) is 11.9. The van der Waals surface area contributed by atoms with Crippen LogP contribution in [0.3, 0.4) is 0 Å². The van der Waals surface area contributed by atoms with Crippen LogP contribution >= 0.6 is 0 Å². The topological polar surface area (TPSA) is 66.7 Å². The van der Waals surface area contributed by atoms with Gasteiger partial charge < -0.3 is 14.6 Å². The highest BCUT2D eigenvalue weighted by Gasteiger charge is 2.11. The molecule has 0 atom stereocenters.